The van der Waals surface area contributed by atoms with Crippen LogP contribution in [0.5, 0.6) is 5.75 Å². The monoisotopic (exact) mass is 301 g/mol. The Labute approximate surface area is 116 Å². The van der Waals surface area contributed by atoms with Gasteiger partial charge in [-0.15, -0.1) is 0 Å². The van der Waals surface area contributed by atoms with Gasteiger partial charge in [0, 0.05) is 0 Å². The van der Waals surface area contributed by atoms with E-state index in [9.17, 15) is 13.2 Å². The van der Waals surface area contributed by atoms with Crippen LogP contribution in [0.2, 0.25) is 0 Å². The largest absolute Gasteiger partial charge is 0.497 e. The molecular weight excluding hydrogens is 286 g/mol. The smallest absolute Gasteiger partial charge is 0.310 e. The van der Waals surface area contributed by atoms with Crippen molar-refractivity contribution in [2.24, 2.45) is 5.92 Å². The fourth-order valence-corrected chi connectivity index (χ4v) is 3.20. The zero-order chi connectivity index (χ0) is 14.8. The number of methoxy groups -OCH3 is 1. The third kappa shape index (κ3) is 3.09. The second-order valence-corrected chi connectivity index (χ2v) is 6.10. The second kappa shape index (κ2) is 5.78. The Morgan fingerprint density at radius 1 is 1.35 bits per heavy atom. The molecule has 1 saturated heterocycles. The summed E-state index contributed by atoms with van der Waals surface area (Å²) in [6.07, 6.45) is 0. The maximum atomic E-state index is 12.2. The molecule has 0 spiro atoms. The molecule has 1 fully saturated rings. The van der Waals surface area contributed by atoms with Crippen molar-refractivity contribution in [1.29, 1.82) is 0 Å². The van der Waals surface area contributed by atoms with Gasteiger partial charge >= 0.3 is 5.97 Å². The molecular formula is C12H15NO6S. The minimum absolute atomic E-state index is 0.00509. The molecule has 110 valence electrons. The summed E-state index contributed by atoms with van der Waals surface area (Å²) >= 11 is 0. The summed E-state index contributed by atoms with van der Waals surface area (Å²) in [6, 6.07) is 5.07. The molecule has 1 aliphatic heterocycles. The van der Waals surface area contributed by atoms with E-state index in [1.54, 1.807) is 0 Å². The third-order valence-corrected chi connectivity index (χ3v) is 4.58. The molecule has 2 rings (SSSR count). The second-order valence-electron chi connectivity index (χ2n) is 4.39. The van der Waals surface area contributed by atoms with Gasteiger partial charge in [-0.3, -0.25) is 4.79 Å². The van der Waals surface area contributed by atoms with Crippen molar-refractivity contribution < 1.29 is 27.8 Å². The first kappa shape index (κ1) is 14.8. The van der Waals surface area contributed by atoms with Crippen LogP contribution in [0.4, 0.5) is 0 Å². The van der Waals surface area contributed by atoms with E-state index in [1.165, 1.54) is 31.4 Å². The van der Waals surface area contributed by atoms with Crippen LogP contribution in [0.3, 0.4) is 0 Å². The molecule has 0 radical (unpaired) electrons. The molecule has 1 aromatic carbocycles. The number of ether oxygens (including phenoxy) is 2. The number of sulfonamides is 1. The number of carbonyl (C=O) groups is 1. The topological polar surface area (TPSA) is 102 Å². The van der Waals surface area contributed by atoms with Crippen molar-refractivity contribution in [3.05, 3.63) is 24.3 Å². The van der Waals surface area contributed by atoms with Crippen LogP contribution in [-0.2, 0) is 19.6 Å². The number of aliphatic carboxylic acids is 1. The fourth-order valence-electron chi connectivity index (χ4n) is 1.94. The molecule has 1 aromatic rings. The molecule has 2 atom stereocenters. The zero-order valence-electron chi connectivity index (χ0n) is 10.8. The van der Waals surface area contributed by atoms with Crippen LogP contribution in [0.1, 0.15) is 0 Å². The number of benzene rings is 1. The number of hydrogen-bond acceptors (Lipinski definition) is 5. The van der Waals surface area contributed by atoms with Crippen LogP contribution in [0, 0.1) is 5.92 Å². The van der Waals surface area contributed by atoms with Gasteiger partial charge in [0.1, 0.15) is 5.75 Å². The third-order valence-electron chi connectivity index (χ3n) is 3.07. The van der Waals surface area contributed by atoms with Gasteiger partial charge in [0.05, 0.1) is 37.2 Å². The molecule has 0 amide bonds. The number of hydrogen-bond donors (Lipinski definition) is 2. The van der Waals surface area contributed by atoms with Crippen LogP contribution in [0.15, 0.2) is 29.2 Å². The van der Waals surface area contributed by atoms with E-state index in [-0.39, 0.29) is 18.1 Å². The Kier molecular flexibility index (Phi) is 4.26. The SMILES string of the molecule is COc1ccc(S(=O)(=O)NC2COCC2C(=O)O)cc1. The lowest BCUT2D eigenvalue weighted by Gasteiger charge is -2.16. The van der Waals surface area contributed by atoms with E-state index in [1.807, 2.05) is 0 Å². The van der Waals surface area contributed by atoms with Gasteiger partial charge in [0.15, 0.2) is 0 Å². The molecule has 20 heavy (non-hydrogen) atoms. The predicted molar refractivity (Wildman–Crippen MR) is 69.0 cm³/mol. The van der Waals surface area contributed by atoms with Crippen molar-refractivity contribution in [2.45, 2.75) is 10.9 Å². The zero-order valence-corrected chi connectivity index (χ0v) is 11.6. The average molecular weight is 301 g/mol. The Morgan fingerprint density at radius 3 is 2.55 bits per heavy atom. The fraction of sp³-hybridized carbons (Fsp3) is 0.417. The molecule has 1 aliphatic rings. The molecule has 7 nitrogen and oxygen atoms in total. The summed E-state index contributed by atoms with van der Waals surface area (Å²) in [5, 5.41) is 8.99. The van der Waals surface area contributed by atoms with E-state index >= 15 is 0 Å². The minimum atomic E-state index is -3.78. The van der Waals surface area contributed by atoms with Crippen molar-refractivity contribution in [3.63, 3.8) is 0 Å². The molecule has 0 bridgehead atoms. The van der Waals surface area contributed by atoms with E-state index < -0.39 is 28.0 Å². The van der Waals surface area contributed by atoms with Gasteiger partial charge in [-0.25, -0.2) is 13.1 Å². The van der Waals surface area contributed by atoms with E-state index in [2.05, 4.69) is 4.72 Å². The highest BCUT2D eigenvalue weighted by Crippen LogP contribution is 2.19. The first-order valence-corrected chi connectivity index (χ1v) is 7.39. The first-order chi connectivity index (χ1) is 9.44. The first-order valence-electron chi connectivity index (χ1n) is 5.91. The maximum absolute atomic E-state index is 12.2. The number of carboxylic acid groups (broad SMARTS) is 1. The van der Waals surface area contributed by atoms with Crippen molar-refractivity contribution in [1.82, 2.24) is 4.72 Å². The van der Waals surface area contributed by atoms with E-state index in [4.69, 9.17) is 14.6 Å². The van der Waals surface area contributed by atoms with Crippen molar-refractivity contribution >= 4 is 16.0 Å². The Bertz CT molecular complexity index is 582. The normalized spacial score (nSPS) is 22.6. The van der Waals surface area contributed by atoms with Gasteiger partial charge in [-0.2, -0.15) is 0 Å². The molecule has 0 aliphatic carbocycles. The van der Waals surface area contributed by atoms with E-state index in [0.29, 0.717) is 5.75 Å². The highest BCUT2D eigenvalue weighted by atomic mass is 32.2. The average Bonchev–Trinajstić information content (AvgIpc) is 2.86. The van der Waals surface area contributed by atoms with Crippen LogP contribution in [0.25, 0.3) is 0 Å². The Balaban J connectivity index is 2.16. The number of nitrogens with one attached hydrogen (secondary N) is 1. The van der Waals surface area contributed by atoms with Gasteiger partial charge in [-0.05, 0) is 24.3 Å². The van der Waals surface area contributed by atoms with Crippen LogP contribution in [-0.4, -0.2) is 45.9 Å². The summed E-state index contributed by atoms with van der Waals surface area (Å²) in [5.41, 5.74) is 0. The summed E-state index contributed by atoms with van der Waals surface area (Å²) in [4.78, 5) is 11.0. The van der Waals surface area contributed by atoms with Gasteiger partial charge in [0.2, 0.25) is 10.0 Å². The summed E-state index contributed by atoms with van der Waals surface area (Å²) in [6.45, 7) is 0.0531. The van der Waals surface area contributed by atoms with Crippen LogP contribution < -0.4 is 9.46 Å². The van der Waals surface area contributed by atoms with Crippen molar-refractivity contribution in [3.8, 4) is 5.75 Å². The molecule has 2 unspecified atom stereocenters. The quantitative estimate of drug-likeness (QED) is 0.798. The highest BCUT2D eigenvalue weighted by molar-refractivity contribution is 7.89. The molecule has 0 saturated carbocycles. The summed E-state index contributed by atoms with van der Waals surface area (Å²) < 4.78 is 36.6. The molecule has 0 aromatic heterocycles. The lowest BCUT2D eigenvalue weighted by atomic mass is 10.1. The summed E-state index contributed by atoms with van der Waals surface area (Å²) in [7, 11) is -2.30. The minimum Gasteiger partial charge on any atom is -0.497 e. The molecule has 8 heteroatoms. The van der Waals surface area contributed by atoms with E-state index in [0.717, 1.165) is 0 Å². The predicted octanol–water partition coefficient (Wildman–Crippen LogP) is 0.0731. The van der Waals surface area contributed by atoms with Crippen LogP contribution >= 0.6 is 0 Å². The maximum Gasteiger partial charge on any atom is 0.310 e. The van der Waals surface area contributed by atoms with Gasteiger partial charge < -0.3 is 14.6 Å². The van der Waals surface area contributed by atoms with Gasteiger partial charge in [-0.1, -0.05) is 0 Å². The molecule has 1 heterocycles. The number of carboxylic acids is 1. The Hall–Kier alpha value is -1.64. The standard InChI is InChI=1S/C12H15NO6S/c1-18-8-2-4-9(5-3-8)20(16,17)13-11-7-19-6-10(11)12(14)15/h2-5,10-11,13H,6-7H2,1H3,(H,14,15). The lowest BCUT2D eigenvalue weighted by molar-refractivity contribution is -0.142. The molecule has 2 N–H and O–H groups in total. The summed E-state index contributed by atoms with van der Waals surface area (Å²) in [5.74, 6) is -1.41. The number of rotatable bonds is 5. The highest BCUT2D eigenvalue weighted by Gasteiger charge is 2.36. The van der Waals surface area contributed by atoms with Gasteiger partial charge in [0.25, 0.3) is 0 Å². The Morgan fingerprint density at radius 2 is 2.00 bits per heavy atom. The van der Waals surface area contributed by atoms with Crippen molar-refractivity contribution in [2.75, 3.05) is 20.3 Å². The lowest BCUT2D eigenvalue weighted by Crippen LogP contribution is -2.42.